The van der Waals surface area contributed by atoms with Gasteiger partial charge in [0.1, 0.15) is 11.6 Å². The van der Waals surface area contributed by atoms with Crippen molar-refractivity contribution in [1.29, 1.82) is 10.5 Å². The van der Waals surface area contributed by atoms with Gasteiger partial charge in [0.15, 0.2) is 0 Å². The Balaban J connectivity index is 1.32. The monoisotopic (exact) mass is 754 g/mol. The predicted molar refractivity (Wildman–Crippen MR) is 226 cm³/mol. The summed E-state index contributed by atoms with van der Waals surface area (Å²) in [6, 6.07) is 60.2. The van der Waals surface area contributed by atoms with Gasteiger partial charge >= 0.3 is 6.18 Å². The van der Waals surface area contributed by atoms with E-state index in [1.165, 1.54) is 6.07 Å². The van der Waals surface area contributed by atoms with Crippen molar-refractivity contribution in [2.45, 2.75) is 6.18 Å². The lowest BCUT2D eigenvalue weighted by molar-refractivity contribution is -0.137. The summed E-state index contributed by atoms with van der Waals surface area (Å²) in [4.78, 5) is 0. The summed E-state index contributed by atoms with van der Waals surface area (Å²) in [6.45, 7) is 0. The highest BCUT2D eigenvalue weighted by Gasteiger charge is 2.31. The molecular formula is C51H29F3N4. The molecule has 8 aromatic carbocycles. The molecule has 0 spiro atoms. The summed E-state index contributed by atoms with van der Waals surface area (Å²) >= 11 is 0. The van der Waals surface area contributed by atoms with Gasteiger partial charge in [0, 0.05) is 21.5 Å². The maximum atomic E-state index is 14.0. The fourth-order valence-corrected chi connectivity index (χ4v) is 8.38. The highest BCUT2D eigenvalue weighted by atomic mass is 19.4. The van der Waals surface area contributed by atoms with Gasteiger partial charge in [-0.25, -0.2) is 0 Å². The molecule has 0 N–H and O–H groups in total. The molecule has 10 aromatic rings. The molecule has 0 saturated heterocycles. The maximum absolute atomic E-state index is 14.0. The maximum Gasteiger partial charge on any atom is 0.416 e. The van der Waals surface area contributed by atoms with E-state index in [9.17, 15) is 23.7 Å². The van der Waals surface area contributed by atoms with Gasteiger partial charge in [0.25, 0.3) is 0 Å². The van der Waals surface area contributed by atoms with Crippen molar-refractivity contribution in [2.24, 2.45) is 0 Å². The number of fused-ring (bicyclic) bond motifs is 6. The lowest BCUT2D eigenvalue weighted by Crippen LogP contribution is -2.07. The van der Waals surface area contributed by atoms with Crippen molar-refractivity contribution in [2.75, 3.05) is 0 Å². The van der Waals surface area contributed by atoms with E-state index in [2.05, 4.69) is 88.0 Å². The van der Waals surface area contributed by atoms with E-state index >= 15 is 0 Å². The van der Waals surface area contributed by atoms with Crippen molar-refractivity contribution < 1.29 is 13.2 Å². The lowest BCUT2D eigenvalue weighted by atomic mass is 9.95. The lowest BCUT2D eigenvalue weighted by Gasteiger charge is -2.19. The summed E-state index contributed by atoms with van der Waals surface area (Å²) in [5.74, 6) is 0. The Hall–Kier alpha value is -7.87. The fourth-order valence-electron chi connectivity index (χ4n) is 8.38. The summed E-state index contributed by atoms with van der Waals surface area (Å²) in [5.41, 5.74) is 8.82. The Morgan fingerprint density at radius 2 is 0.862 bits per heavy atom. The van der Waals surface area contributed by atoms with Crippen LogP contribution in [0.4, 0.5) is 13.2 Å². The van der Waals surface area contributed by atoms with Crippen molar-refractivity contribution >= 4 is 43.6 Å². The van der Waals surface area contributed by atoms with Crippen LogP contribution in [0.1, 0.15) is 16.7 Å². The van der Waals surface area contributed by atoms with Crippen LogP contribution >= 0.6 is 0 Å². The van der Waals surface area contributed by atoms with Crippen LogP contribution in [0.5, 0.6) is 0 Å². The number of aromatic nitrogens is 2. The smallest absolute Gasteiger partial charge is 0.308 e. The molecule has 0 amide bonds. The zero-order valence-corrected chi connectivity index (χ0v) is 30.7. The quantitative estimate of drug-likeness (QED) is 0.176. The summed E-state index contributed by atoms with van der Waals surface area (Å²) in [6.07, 6.45) is -4.63. The predicted octanol–water partition coefficient (Wildman–Crippen LogP) is 13.6. The van der Waals surface area contributed by atoms with Gasteiger partial charge in [0.05, 0.1) is 50.6 Å². The van der Waals surface area contributed by atoms with E-state index in [4.69, 9.17) is 0 Å². The normalized spacial score (nSPS) is 11.7. The van der Waals surface area contributed by atoms with Crippen molar-refractivity contribution in [1.82, 2.24) is 9.13 Å². The largest absolute Gasteiger partial charge is 0.416 e. The zero-order valence-electron chi connectivity index (χ0n) is 30.7. The van der Waals surface area contributed by atoms with Gasteiger partial charge in [-0.2, -0.15) is 23.7 Å². The minimum absolute atomic E-state index is 0.124. The SMILES string of the molecule is N#Cc1cc(C(F)(F)F)ccc1-c1cc(-n2c3ccccc3c3cc(-c4ccccc4)ccc32)c(C#N)c(-n2c3ccccc3c3cc(-c4ccccc4)ccc32)c1. The van der Waals surface area contributed by atoms with Gasteiger partial charge in [0.2, 0.25) is 0 Å². The Morgan fingerprint density at radius 1 is 0.397 bits per heavy atom. The number of alkyl halides is 3. The number of para-hydroxylation sites is 2. The molecule has 0 aliphatic carbocycles. The van der Waals surface area contributed by atoms with Crippen molar-refractivity contribution in [3.05, 3.63) is 193 Å². The Bertz CT molecular complexity index is 3160. The van der Waals surface area contributed by atoms with Gasteiger partial charge in [-0.15, -0.1) is 0 Å². The molecule has 0 fully saturated rings. The van der Waals surface area contributed by atoms with Gasteiger partial charge < -0.3 is 9.13 Å². The second-order valence-electron chi connectivity index (χ2n) is 14.3. The first-order chi connectivity index (χ1) is 28.3. The van der Waals surface area contributed by atoms with Crippen LogP contribution in [-0.2, 0) is 6.18 Å². The molecule has 58 heavy (non-hydrogen) atoms. The average Bonchev–Trinajstić information content (AvgIpc) is 3.78. The van der Waals surface area contributed by atoms with Gasteiger partial charge in [-0.3, -0.25) is 0 Å². The van der Waals surface area contributed by atoms with E-state index in [0.717, 1.165) is 78.0 Å². The number of hydrogen-bond acceptors (Lipinski definition) is 2. The van der Waals surface area contributed by atoms with Crippen LogP contribution in [0.15, 0.2) is 176 Å². The molecule has 4 nitrogen and oxygen atoms in total. The standard InChI is InChI=1S/C51H29F3N4/c52-51(53,54)38-21-22-39(37(25-38)30-55)36-28-49(57-45-17-9-7-15-40(45)42-26-34(19-23-47(42)57)32-11-3-1-4-12-32)44(31-56)50(29-36)58-46-18-10-8-16-41(46)43-27-35(20-24-48(43)58)33-13-5-2-6-14-33/h1-29H. The molecule has 0 aliphatic heterocycles. The Labute approximate surface area is 331 Å². The summed E-state index contributed by atoms with van der Waals surface area (Å²) in [5, 5.41) is 25.5. The van der Waals surface area contributed by atoms with Crippen LogP contribution in [0.25, 0.3) is 88.4 Å². The van der Waals surface area contributed by atoms with Crippen LogP contribution in [0.3, 0.4) is 0 Å². The number of nitrogens with zero attached hydrogens (tertiary/aromatic N) is 4. The molecule has 0 atom stereocenters. The van der Waals surface area contributed by atoms with Gasteiger partial charge in [-0.05, 0) is 94.0 Å². The molecule has 2 heterocycles. The van der Waals surface area contributed by atoms with Crippen molar-refractivity contribution in [3.8, 4) is 56.9 Å². The number of halogens is 3. The van der Waals surface area contributed by atoms with E-state index in [1.54, 1.807) is 0 Å². The first-order valence-corrected chi connectivity index (χ1v) is 18.7. The Kier molecular flexibility index (Phi) is 8.00. The van der Waals surface area contributed by atoms with Crippen LogP contribution in [-0.4, -0.2) is 9.13 Å². The minimum Gasteiger partial charge on any atom is -0.308 e. The van der Waals surface area contributed by atoms with E-state index in [0.29, 0.717) is 28.1 Å². The molecule has 10 rings (SSSR count). The molecule has 0 aliphatic rings. The minimum atomic E-state index is -4.63. The first-order valence-electron chi connectivity index (χ1n) is 18.7. The topological polar surface area (TPSA) is 57.4 Å². The summed E-state index contributed by atoms with van der Waals surface area (Å²) < 4.78 is 46.0. The van der Waals surface area contributed by atoms with Crippen LogP contribution in [0.2, 0.25) is 0 Å². The second kappa shape index (κ2) is 13.4. The number of benzene rings is 8. The molecule has 7 heteroatoms. The molecule has 274 valence electrons. The third kappa shape index (κ3) is 5.52. The molecule has 0 bridgehead atoms. The molecule has 0 radical (unpaired) electrons. The van der Waals surface area contributed by atoms with Crippen LogP contribution in [0, 0.1) is 22.7 Å². The molecule has 2 aromatic heterocycles. The molecular weight excluding hydrogens is 726 g/mol. The second-order valence-corrected chi connectivity index (χ2v) is 14.3. The van der Waals surface area contributed by atoms with Crippen LogP contribution < -0.4 is 0 Å². The third-order valence-corrected chi connectivity index (χ3v) is 11.0. The number of hydrogen-bond donors (Lipinski definition) is 0. The van der Waals surface area contributed by atoms with E-state index in [-0.39, 0.29) is 5.56 Å². The zero-order chi connectivity index (χ0) is 39.5. The number of nitriles is 2. The first kappa shape index (κ1) is 34.6. The fraction of sp³-hybridized carbons (Fsp3) is 0.0196. The van der Waals surface area contributed by atoms with Crippen molar-refractivity contribution in [3.63, 3.8) is 0 Å². The number of rotatable bonds is 5. The third-order valence-electron chi connectivity index (χ3n) is 11.0. The highest BCUT2D eigenvalue weighted by Crippen LogP contribution is 2.43. The summed E-state index contributed by atoms with van der Waals surface area (Å²) in [7, 11) is 0. The molecule has 0 unspecified atom stereocenters. The highest BCUT2D eigenvalue weighted by molar-refractivity contribution is 6.12. The Morgan fingerprint density at radius 3 is 1.33 bits per heavy atom. The van der Waals surface area contributed by atoms with Gasteiger partial charge in [-0.1, -0.05) is 115 Å². The van der Waals surface area contributed by atoms with E-state index < -0.39 is 11.7 Å². The average molecular weight is 755 g/mol. The van der Waals surface area contributed by atoms with E-state index in [1.807, 2.05) is 91.0 Å². The molecule has 0 saturated carbocycles.